The van der Waals surface area contributed by atoms with Crippen molar-refractivity contribution in [1.29, 1.82) is 0 Å². The predicted molar refractivity (Wildman–Crippen MR) is 120 cm³/mol. The summed E-state index contributed by atoms with van der Waals surface area (Å²) in [7, 11) is 0. The molecule has 2 aliphatic rings. The van der Waals surface area contributed by atoms with Crippen molar-refractivity contribution in [3.8, 4) is 5.82 Å². The van der Waals surface area contributed by atoms with E-state index in [1.54, 1.807) is 17.1 Å². The first-order chi connectivity index (χ1) is 15.2. The van der Waals surface area contributed by atoms with Crippen molar-refractivity contribution in [2.45, 2.75) is 50.7 Å². The largest absolute Gasteiger partial charge is 0.373 e. The van der Waals surface area contributed by atoms with Crippen molar-refractivity contribution in [2.24, 2.45) is 5.92 Å². The van der Waals surface area contributed by atoms with Crippen LogP contribution in [0, 0.1) is 5.92 Å². The van der Waals surface area contributed by atoms with Gasteiger partial charge < -0.3 is 15.0 Å². The van der Waals surface area contributed by atoms with Gasteiger partial charge in [-0.2, -0.15) is 5.10 Å². The Kier molecular flexibility index (Phi) is 7.48. The Hall–Kier alpha value is -2.51. The Balaban J connectivity index is 1.34. The van der Waals surface area contributed by atoms with Crippen LogP contribution in [0.4, 0.5) is 0 Å². The minimum Gasteiger partial charge on any atom is -0.373 e. The predicted octanol–water partition coefficient (Wildman–Crippen LogP) is 3.22. The number of nitrogens with one attached hydrogen (secondary N) is 1. The maximum Gasteiger partial charge on any atom is 0.253 e. The van der Waals surface area contributed by atoms with Crippen LogP contribution in [0.2, 0.25) is 0 Å². The van der Waals surface area contributed by atoms with Gasteiger partial charge in [-0.25, -0.2) is 9.67 Å². The van der Waals surface area contributed by atoms with Crippen LogP contribution in [0.3, 0.4) is 0 Å². The number of ether oxygens (including phenoxy) is 1. The average molecular weight is 424 g/mol. The molecule has 4 rings (SSSR count). The topological polar surface area (TPSA) is 72.3 Å². The number of carbonyl (C=O) groups excluding carboxylic acids is 1. The maximum absolute atomic E-state index is 12.9. The third kappa shape index (κ3) is 5.80. The molecule has 0 bridgehead atoms. The third-order valence-corrected chi connectivity index (χ3v) is 6.38. The molecule has 1 saturated heterocycles. The highest BCUT2D eigenvalue weighted by atomic mass is 16.5. The normalized spacial score (nSPS) is 24.6. The fraction of sp³-hybridized carbons (Fsp3) is 0.542. The lowest BCUT2D eigenvalue weighted by atomic mass is 9.83. The first kappa shape index (κ1) is 21.7. The number of piperidine rings is 1. The molecule has 2 aromatic heterocycles. The van der Waals surface area contributed by atoms with E-state index >= 15 is 0 Å². The Bertz CT molecular complexity index is 836. The molecule has 7 heteroatoms. The fourth-order valence-electron chi connectivity index (χ4n) is 4.78. The van der Waals surface area contributed by atoms with E-state index in [0.29, 0.717) is 30.0 Å². The first-order valence-electron chi connectivity index (χ1n) is 11.4. The first-order valence-corrected chi connectivity index (χ1v) is 11.4. The molecule has 1 saturated carbocycles. The van der Waals surface area contributed by atoms with E-state index in [9.17, 15) is 4.79 Å². The monoisotopic (exact) mass is 423 g/mol. The van der Waals surface area contributed by atoms with E-state index in [-0.39, 0.29) is 11.9 Å². The second-order valence-electron chi connectivity index (χ2n) is 8.63. The van der Waals surface area contributed by atoms with Crippen molar-refractivity contribution >= 4 is 5.91 Å². The van der Waals surface area contributed by atoms with Gasteiger partial charge in [0.25, 0.3) is 5.91 Å². The van der Waals surface area contributed by atoms with Gasteiger partial charge in [0.2, 0.25) is 0 Å². The second kappa shape index (κ2) is 10.7. The number of hydrogen-bond donors (Lipinski definition) is 1. The van der Waals surface area contributed by atoms with Gasteiger partial charge in [-0.1, -0.05) is 18.9 Å². The summed E-state index contributed by atoms with van der Waals surface area (Å²) in [6.45, 7) is 7.48. The minimum absolute atomic E-state index is 0.0396. The van der Waals surface area contributed by atoms with Crippen LogP contribution >= 0.6 is 0 Å². The third-order valence-electron chi connectivity index (χ3n) is 6.38. The quantitative estimate of drug-likeness (QED) is 0.660. The lowest BCUT2D eigenvalue weighted by Gasteiger charge is -2.39. The van der Waals surface area contributed by atoms with Crippen molar-refractivity contribution in [3.05, 3.63) is 55.0 Å². The lowest BCUT2D eigenvalue weighted by molar-refractivity contribution is 0.00515. The Morgan fingerprint density at radius 2 is 2.16 bits per heavy atom. The molecule has 2 aromatic rings. The fourth-order valence-corrected chi connectivity index (χ4v) is 4.78. The van der Waals surface area contributed by atoms with E-state index < -0.39 is 0 Å². The molecular formula is C24H33N5O2. The molecule has 166 valence electrons. The Morgan fingerprint density at radius 1 is 1.26 bits per heavy atom. The van der Waals surface area contributed by atoms with Crippen molar-refractivity contribution < 1.29 is 9.53 Å². The van der Waals surface area contributed by atoms with Gasteiger partial charge in [-0.05, 0) is 56.3 Å². The summed E-state index contributed by atoms with van der Waals surface area (Å²) < 4.78 is 7.58. The van der Waals surface area contributed by atoms with E-state index in [0.717, 1.165) is 38.9 Å². The van der Waals surface area contributed by atoms with E-state index in [1.165, 1.54) is 19.3 Å². The van der Waals surface area contributed by atoms with Crippen LogP contribution in [0.1, 0.15) is 48.9 Å². The second-order valence-corrected chi connectivity index (χ2v) is 8.63. The Labute approximate surface area is 184 Å². The van der Waals surface area contributed by atoms with E-state index in [2.05, 4.69) is 26.9 Å². The molecule has 3 atom stereocenters. The zero-order valence-corrected chi connectivity index (χ0v) is 18.2. The van der Waals surface area contributed by atoms with Crippen molar-refractivity contribution in [3.63, 3.8) is 0 Å². The van der Waals surface area contributed by atoms with Crippen LogP contribution < -0.4 is 5.32 Å². The molecule has 2 fully saturated rings. The molecule has 0 unspecified atom stereocenters. The summed E-state index contributed by atoms with van der Waals surface area (Å²) in [5.41, 5.74) is 0.594. The van der Waals surface area contributed by atoms with Crippen molar-refractivity contribution in [1.82, 2.24) is 25.0 Å². The molecule has 31 heavy (non-hydrogen) atoms. The summed E-state index contributed by atoms with van der Waals surface area (Å²) in [5.74, 6) is 1.14. The molecule has 0 radical (unpaired) electrons. The highest BCUT2D eigenvalue weighted by Gasteiger charge is 2.30. The van der Waals surface area contributed by atoms with Crippen molar-refractivity contribution in [2.75, 3.05) is 26.2 Å². The van der Waals surface area contributed by atoms with Gasteiger partial charge in [0.05, 0.1) is 18.3 Å². The smallest absolute Gasteiger partial charge is 0.253 e. The van der Waals surface area contributed by atoms with Gasteiger partial charge in [0.15, 0.2) is 5.82 Å². The zero-order valence-electron chi connectivity index (χ0n) is 18.2. The molecule has 1 aliphatic carbocycles. The van der Waals surface area contributed by atoms with Gasteiger partial charge in [-0.3, -0.25) is 4.79 Å². The van der Waals surface area contributed by atoms with Gasteiger partial charge in [0, 0.05) is 37.7 Å². The zero-order chi connectivity index (χ0) is 21.5. The Morgan fingerprint density at radius 3 is 2.94 bits per heavy atom. The molecule has 7 nitrogen and oxygen atoms in total. The van der Waals surface area contributed by atoms with Crippen LogP contribution in [0.5, 0.6) is 0 Å². The summed E-state index contributed by atoms with van der Waals surface area (Å²) in [5, 5.41) is 7.48. The maximum atomic E-state index is 12.9. The number of pyridine rings is 1. The molecule has 0 spiro atoms. The summed E-state index contributed by atoms with van der Waals surface area (Å²) in [4.78, 5) is 19.8. The van der Waals surface area contributed by atoms with Crippen LogP contribution in [0.25, 0.3) is 5.82 Å². The van der Waals surface area contributed by atoms with E-state index in [1.807, 2.05) is 30.5 Å². The number of nitrogens with zero attached hydrogens (tertiary/aromatic N) is 4. The SMILES string of the molecule is C=CCO[C@@H]1CCCN(C[C@H]2CCCC[C@@H]2NC(=O)c2ccc(-n3cccn3)nc2)C1. The van der Waals surface area contributed by atoms with E-state index in [4.69, 9.17) is 4.74 Å². The number of hydrogen-bond acceptors (Lipinski definition) is 5. The summed E-state index contributed by atoms with van der Waals surface area (Å²) in [6, 6.07) is 5.71. The number of rotatable bonds is 8. The lowest BCUT2D eigenvalue weighted by Crippen LogP contribution is -2.49. The molecule has 3 heterocycles. The average Bonchev–Trinajstić information content (AvgIpc) is 3.34. The molecule has 1 amide bonds. The molecule has 1 aliphatic heterocycles. The minimum atomic E-state index is -0.0396. The van der Waals surface area contributed by atoms with Gasteiger partial charge in [0.1, 0.15) is 0 Å². The number of amides is 1. The summed E-state index contributed by atoms with van der Waals surface area (Å²) >= 11 is 0. The molecular weight excluding hydrogens is 390 g/mol. The number of likely N-dealkylation sites (tertiary alicyclic amines) is 1. The molecule has 1 N–H and O–H groups in total. The molecule has 0 aromatic carbocycles. The summed E-state index contributed by atoms with van der Waals surface area (Å²) in [6.07, 6.45) is 14.2. The van der Waals surface area contributed by atoms with Gasteiger partial charge >= 0.3 is 0 Å². The highest BCUT2D eigenvalue weighted by molar-refractivity contribution is 5.94. The van der Waals surface area contributed by atoms with Crippen LogP contribution in [-0.2, 0) is 4.74 Å². The number of carbonyl (C=O) groups is 1. The number of aromatic nitrogens is 3. The van der Waals surface area contributed by atoms with Gasteiger partial charge in [-0.15, -0.1) is 6.58 Å². The van der Waals surface area contributed by atoms with Crippen LogP contribution in [0.15, 0.2) is 49.4 Å². The van der Waals surface area contributed by atoms with Crippen LogP contribution in [-0.4, -0.2) is 64.0 Å². The standard InChI is InChI=1S/C24H33N5O2/c1-2-15-31-21-8-5-13-28(18-21)17-20-7-3-4-9-22(20)27-24(30)19-10-11-23(25-16-19)29-14-6-12-26-29/h2,6,10-12,14,16,20-22H,1,3-5,7-9,13,15,17-18H2,(H,27,30)/t20-,21-,22+/m1/s1. The highest BCUT2D eigenvalue weighted by Crippen LogP contribution is 2.27.